The number of aryl methyl sites for hydroxylation is 2. The fourth-order valence-corrected chi connectivity index (χ4v) is 1.77. The van der Waals surface area contributed by atoms with Crippen LogP contribution in [0.4, 0.5) is 0 Å². The van der Waals surface area contributed by atoms with Crippen molar-refractivity contribution in [2.45, 2.75) is 26.2 Å². The Balaban J connectivity index is 1.91. The third kappa shape index (κ3) is 3.67. The van der Waals surface area contributed by atoms with Gasteiger partial charge < -0.3 is 9.84 Å². The van der Waals surface area contributed by atoms with Crippen LogP contribution in [0.25, 0.3) is 0 Å². The largest absolute Gasteiger partial charge is 0.339 e. The molecule has 4 nitrogen and oxygen atoms in total. The molecule has 0 unspecified atom stereocenters. The lowest BCUT2D eigenvalue weighted by atomic mass is 10.1. The van der Waals surface area contributed by atoms with Crippen molar-refractivity contribution in [2.75, 3.05) is 13.6 Å². The summed E-state index contributed by atoms with van der Waals surface area (Å²) in [5.41, 5.74) is 2.46. The molecule has 1 aromatic heterocycles. The topological polar surface area (TPSA) is 51.0 Å². The lowest BCUT2D eigenvalue weighted by molar-refractivity contribution is 0.379. The average molecular weight is 245 g/mol. The van der Waals surface area contributed by atoms with Crippen LogP contribution in [0.15, 0.2) is 28.8 Å². The molecule has 0 bridgehead atoms. The molecule has 0 fully saturated rings. The highest BCUT2D eigenvalue weighted by Gasteiger charge is 2.06. The van der Waals surface area contributed by atoms with Crippen LogP contribution >= 0.6 is 0 Å². The lowest BCUT2D eigenvalue weighted by Gasteiger charge is -1.97. The van der Waals surface area contributed by atoms with Gasteiger partial charge in [0.05, 0.1) is 6.42 Å². The summed E-state index contributed by atoms with van der Waals surface area (Å²) in [7, 11) is 1.94. The summed E-state index contributed by atoms with van der Waals surface area (Å²) in [4.78, 5) is 4.39. The van der Waals surface area contributed by atoms with Crippen LogP contribution < -0.4 is 5.32 Å². The van der Waals surface area contributed by atoms with Crippen LogP contribution in [0.3, 0.4) is 0 Å². The Kier molecular flexibility index (Phi) is 4.47. The SMILES string of the molecule is CNCCCc1noc(Cc2ccc(C)cc2)n1. The maximum atomic E-state index is 5.25. The third-order valence-electron chi connectivity index (χ3n) is 2.81. The van der Waals surface area contributed by atoms with Gasteiger partial charge in [0.25, 0.3) is 0 Å². The van der Waals surface area contributed by atoms with Crippen LogP contribution in [0.5, 0.6) is 0 Å². The predicted octanol–water partition coefficient (Wildman–Crippen LogP) is 2.12. The van der Waals surface area contributed by atoms with E-state index in [1.807, 2.05) is 7.05 Å². The number of rotatable bonds is 6. The Morgan fingerprint density at radius 1 is 1.22 bits per heavy atom. The summed E-state index contributed by atoms with van der Waals surface area (Å²) in [6.07, 6.45) is 2.59. The molecular formula is C14H19N3O. The second-order valence-electron chi connectivity index (χ2n) is 4.47. The molecule has 1 N–H and O–H groups in total. The molecule has 0 spiro atoms. The molecule has 0 aliphatic heterocycles. The molecular weight excluding hydrogens is 226 g/mol. The van der Waals surface area contributed by atoms with Crippen LogP contribution in [0, 0.1) is 6.92 Å². The summed E-state index contributed by atoms with van der Waals surface area (Å²) in [6, 6.07) is 8.39. The van der Waals surface area contributed by atoms with Gasteiger partial charge in [-0.05, 0) is 32.5 Å². The molecule has 4 heteroatoms. The Hall–Kier alpha value is -1.68. The second kappa shape index (κ2) is 6.31. The van der Waals surface area contributed by atoms with E-state index in [4.69, 9.17) is 4.52 Å². The lowest BCUT2D eigenvalue weighted by Crippen LogP contribution is -2.08. The molecule has 96 valence electrons. The highest BCUT2D eigenvalue weighted by atomic mass is 16.5. The molecule has 0 aliphatic rings. The van der Waals surface area contributed by atoms with Gasteiger partial charge in [0.1, 0.15) is 0 Å². The smallest absolute Gasteiger partial charge is 0.231 e. The van der Waals surface area contributed by atoms with Crippen molar-refractivity contribution in [1.29, 1.82) is 0 Å². The fourth-order valence-electron chi connectivity index (χ4n) is 1.77. The van der Waals surface area contributed by atoms with Gasteiger partial charge in [-0.2, -0.15) is 4.98 Å². The third-order valence-corrected chi connectivity index (χ3v) is 2.81. The molecule has 0 amide bonds. The first-order chi connectivity index (χ1) is 8.78. The van der Waals surface area contributed by atoms with Crippen molar-refractivity contribution in [3.8, 4) is 0 Å². The van der Waals surface area contributed by atoms with Crippen molar-refractivity contribution >= 4 is 0 Å². The summed E-state index contributed by atoms with van der Waals surface area (Å²) in [5.74, 6) is 1.49. The minimum Gasteiger partial charge on any atom is -0.339 e. The minimum atomic E-state index is 0.693. The molecule has 2 aromatic rings. The fraction of sp³-hybridized carbons (Fsp3) is 0.429. The van der Waals surface area contributed by atoms with E-state index in [1.54, 1.807) is 0 Å². The highest BCUT2D eigenvalue weighted by Crippen LogP contribution is 2.09. The monoisotopic (exact) mass is 245 g/mol. The Labute approximate surface area is 107 Å². The van der Waals surface area contributed by atoms with E-state index in [-0.39, 0.29) is 0 Å². The molecule has 1 aromatic carbocycles. The zero-order chi connectivity index (χ0) is 12.8. The molecule has 2 rings (SSSR count). The Bertz CT molecular complexity index is 476. The zero-order valence-electron chi connectivity index (χ0n) is 10.9. The molecule has 18 heavy (non-hydrogen) atoms. The summed E-state index contributed by atoms with van der Waals surface area (Å²) in [5, 5.41) is 7.09. The predicted molar refractivity (Wildman–Crippen MR) is 70.5 cm³/mol. The minimum absolute atomic E-state index is 0.693. The van der Waals surface area contributed by atoms with Gasteiger partial charge in [-0.3, -0.25) is 0 Å². The molecule has 0 atom stereocenters. The quantitative estimate of drug-likeness (QED) is 0.792. The van der Waals surface area contributed by atoms with Crippen LogP contribution in [-0.4, -0.2) is 23.7 Å². The van der Waals surface area contributed by atoms with Crippen molar-refractivity contribution < 1.29 is 4.52 Å². The highest BCUT2D eigenvalue weighted by molar-refractivity contribution is 5.23. The van der Waals surface area contributed by atoms with Crippen molar-refractivity contribution in [3.63, 3.8) is 0 Å². The van der Waals surface area contributed by atoms with E-state index >= 15 is 0 Å². The number of hydrogen-bond acceptors (Lipinski definition) is 4. The summed E-state index contributed by atoms with van der Waals surface area (Å²) < 4.78 is 5.25. The van der Waals surface area contributed by atoms with Gasteiger partial charge in [-0.1, -0.05) is 35.0 Å². The first-order valence-electron chi connectivity index (χ1n) is 6.29. The molecule has 0 saturated heterocycles. The van der Waals surface area contributed by atoms with Gasteiger partial charge in [0.15, 0.2) is 5.82 Å². The first-order valence-corrected chi connectivity index (χ1v) is 6.29. The van der Waals surface area contributed by atoms with Crippen molar-refractivity contribution in [1.82, 2.24) is 15.5 Å². The number of nitrogens with one attached hydrogen (secondary N) is 1. The molecule has 0 saturated carbocycles. The van der Waals surface area contributed by atoms with E-state index in [9.17, 15) is 0 Å². The Morgan fingerprint density at radius 3 is 2.72 bits per heavy atom. The molecule has 1 heterocycles. The van der Waals surface area contributed by atoms with Gasteiger partial charge in [0.2, 0.25) is 5.89 Å². The maximum Gasteiger partial charge on any atom is 0.231 e. The average Bonchev–Trinajstić information content (AvgIpc) is 2.80. The summed E-state index contributed by atoms with van der Waals surface area (Å²) in [6.45, 7) is 3.05. The standard InChI is InChI=1S/C14H19N3O/c1-11-5-7-12(8-6-11)10-14-16-13(17-18-14)4-3-9-15-2/h5-8,15H,3-4,9-10H2,1-2H3. The van der Waals surface area contributed by atoms with Crippen LogP contribution in [0.1, 0.15) is 29.3 Å². The second-order valence-corrected chi connectivity index (χ2v) is 4.47. The molecule has 0 aliphatic carbocycles. The van der Waals surface area contributed by atoms with Crippen LogP contribution in [0.2, 0.25) is 0 Å². The number of nitrogens with zero attached hydrogens (tertiary/aromatic N) is 2. The first kappa shape index (κ1) is 12.8. The van der Waals surface area contributed by atoms with Gasteiger partial charge >= 0.3 is 0 Å². The number of hydrogen-bond donors (Lipinski definition) is 1. The Morgan fingerprint density at radius 2 is 2.00 bits per heavy atom. The number of benzene rings is 1. The van der Waals surface area contributed by atoms with E-state index in [0.717, 1.165) is 25.2 Å². The van der Waals surface area contributed by atoms with E-state index in [1.165, 1.54) is 11.1 Å². The van der Waals surface area contributed by atoms with Gasteiger partial charge in [0, 0.05) is 6.42 Å². The van der Waals surface area contributed by atoms with Crippen molar-refractivity contribution in [2.24, 2.45) is 0 Å². The van der Waals surface area contributed by atoms with Gasteiger partial charge in [-0.25, -0.2) is 0 Å². The zero-order valence-corrected chi connectivity index (χ0v) is 10.9. The van der Waals surface area contributed by atoms with Gasteiger partial charge in [-0.15, -0.1) is 0 Å². The molecule has 0 radical (unpaired) electrons. The summed E-state index contributed by atoms with van der Waals surface area (Å²) >= 11 is 0. The maximum absolute atomic E-state index is 5.25. The van der Waals surface area contributed by atoms with E-state index in [0.29, 0.717) is 12.3 Å². The van der Waals surface area contributed by atoms with Crippen LogP contribution in [-0.2, 0) is 12.8 Å². The number of aromatic nitrogens is 2. The van der Waals surface area contributed by atoms with Crippen molar-refractivity contribution in [3.05, 3.63) is 47.1 Å². The van der Waals surface area contributed by atoms with E-state index in [2.05, 4.69) is 46.6 Å². The normalized spacial score (nSPS) is 10.8. The van der Waals surface area contributed by atoms with E-state index < -0.39 is 0 Å².